The molecule has 8 atom stereocenters. The number of rotatable bonds is 36. The molecule has 2 amide bonds. The second-order valence-corrected chi connectivity index (χ2v) is 23.4. The number of carbonyl (C=O) groups excluding carboxylic acids is 3. The molecule has 0 aliphatic carbocycles. The van der Waals surface area contributed by atoms with Crippen molar-refractivity contribution in [3.05, 3.63) is 12.7 Å². The van der Waals surface area contributed by atoms with Crippen LogP contribution < -0.4 is 16.4 Å². The van der Waals surface area contributed by atoms with Gasteiger partial charge in [0, 0.05) is 37.1 Å². The first-order valence-electron chi connectivity index (χ1n) is 23.5. The number of unbranched alkanes of at least 4 members (excludes halogenated alkanes) is 11. The first-order chi connectivity index (χ1) is 32.4. The third kappa shape index (κ3) is 22.9. The van der Waals surface area contributed by atoms with Gasteiger partial charge in [0.2, 0.25) is 11.8 Å². The van der Waals surface area contributed by atoms with Crippen LogP contribution in [0, 0.1) is 11.3 Å². The molecule has 0 spiro atoms. The Hall–Kier alpha value is -2.44. The van der Waals surface area contributed by atoms with Crippen LogP contribution in [0.15, 0.2) is 12.7 Å². The van der Waals surface area contributed by atoms with Crippen LogP contribution in [0.3, 0.4) is 0 Å². The summed E-state index contributed by atoms with van der Waals surface area (Å²) in [6.07, 6.45) is 12.4. The van der Waals surface area contributed by atoms with Gasteiger partial charge in [0.15, 0.2) is 22.8 Å². The highest BCUT2D eigenvalue weighted by molar-refractivity contribution is 8.13. The highest BCUT2D eigenvalue weighted by atomic mass is 32.2. The number of nitrogen functional groups attached to an aromatic ring is 1. The SMILES string of the molecule is CCCCCCCCCCCCCC(C)CCCCC(=O)SCCNC(=O)CCNC(=O)C(O)C(C)(C)COP(=O)(O)OP(=O)(O)OCC1OC(n2cnc3c(N)ncnc32)C(O)C1OP(=O)(O)O. The first-order valence-corrected chi connectivity index (χ1v) is 29.0. The summed E-state index contributed by atoms with van der Waals surface area (Å²) in [6, 6.07) is 0. The molecule has 69 heavy (non-hydrogen) atoms. The van der Waals surface area contributed by atoms with Gasteiger partial charge in [-0.3, -0.25) is 32.5 Å². The molecule has 2 aromatic heterocycles. The van der Waals surface area contributed by atoms with Crippen LogP contribution in [0.2, 0.25) is 0 Å². The molecule has 0 radical (unpaired) electrons. The molecule has 8 unspecified atom stereocenters. The molecule has 0 aromatic carbocycles. The number of imidazole rings is 1. The van der Waals surface area contributed by atoms with Crippen molar-refractivity contribution in [1.82, 2.24) is 30.2 Å². The molecule has 0 bridgehead atoms. The zero-order chi connectivity index (χ0) is 51.3. The van der Waals surface area contributed by atoms with Crippen molar-refractivity contribution in [3.8, 4) is 0 Å². The number of aromatic nitrogens is 4. The molecule has 3 rings (SSSR count). The highest BCUT2D eigenvalue weighted by Gasteiger charge is 2.50. The fourth-order valence-electron chi connectivity index (χ4n) is 7.43. The average molecular weight is 1060 g/mol. The van der Waals surface area contributed by atoms with Gasteiger partial charge in [0.05, 0.1) is 19.5 Å². The van der Waals surface area contributed by atoms with E-state index in [-0.39, 0.29) is 41.6 Å². The number of thioether (sulfide) groups is 1. The Kier molecular flexibility index (Phi) is 26.4. The lowest BCUT2D eigenvalue weighted by Crippen LogP contribution is -2.46. The van der Waals surface area contributed by atoms with Crippen molar-refractivity contribution in [2.45, 2.75) is 167 Å². The molecule has 1 aliphatic rings. The number of aliphatic hydroxyl groups excluding tert-OH is 2. The van der Waals surface area contributed by atoms with Crippen LogP contribution in [0.4, 0.5) is 5.82 Å². The van der Waals surface area contributed by atoms with Crippen molar-refractivity contribution in [2.24, 2.45) is 11.3 Å². The highest BCUT2D eigenvalue weighted by Crippen LogP contribution is 2.61. The minimum Gasteiger partial charge on any atom is -0.386 e. The van der Waals surface area contributed by atoms with Crippen LogP contribution in [-0.4, -0.2) is 123 Å². The number of nitrogens with two attached hydrogens (primary N) is 1. The molecule has 1 saturated heterocycles. The van der Waals surface area contributed by atoms with E-state index < -0.39 is 84.6 Å². The smallest absolute Gasteiger partial charge is 0.386 e. The standard InChI is InChI=1S/C41H74N7O17P3S/c1-5-6-7-8-9-10-11-12-13-14-15-18-29(2)19-16-17-20-32(50)69-24-23-43-31(49)21-22-44-39(53)36(52)41(3,4)26-62-68(59,60)65-67(57,58)61-25-30-35(64-66(54,55)56)34(51)40(63-30)48-28-47-33-37(42)45-27-46-38(33)48/h27-30,34-36,40,51-52H,5-26H2,1-4H3,(H,43,49)(H,44,53)(H,57,58)(H,59,60)(H2,42,45,46)(H2,54,55,56). The van der Waals surface area contributed by atoms with Gasteiger partial charge >= 0.3 is 23.5 Å². The fourth-order valence-corrected chi connectivity index (χ4v) is 11.0. The number of ether oxygens (including phenoxy) is 1. The van der Waals surface area contributed by atoms with Gasteiger partial charge in [-0.25, -0.2) is 28.6 Å². The van der Waals surface area contributed by atoms with E-state index in [1.807, 2.05) is 0 Å². The Balaban J connectivity index is 1.29. The minimum absolute atomic E-state index is 0.0339. The number of amides is 2. The quantitative estimate of drug-likeness (QED) is 0.0298. The molecule has 2 aromatic rings. The fraction of sp³-hybridized carbons (Fsp3) is 0.805. The van der Waals surface area contributed by atoms with Gasteiger partial charge < -0.3 is 50.9 Å². The van der Waals surface area contributed by atoms with Crippen molar-refractivity contribution in [3.63, 3.8) is 0 Å². The van der Waals surface area contributed by atoms with Crippen molar-refractivity contribution in [2.75, 3.05) is 37.8 Å². The van der Waals surface area contributed by atoms with Crippen molar-refractivity contribution in [1.29, 1.82) is 0 Å². The topological polar surface area (TPSA) is 364 Å². The number of nitrogens with one attached hydrogen (secondary N) is 2. The van der Waals surface area contributed by atoms with E-state index in [2.05, 4.69) is 48.3 Å². The molecule has 10 N–H and O–H groups in total. The zero-order valence-corrected chi connectivity index (χ0v) is 43.5. The van der Waals surface area contributed by atoms with E-state index in [0.29, 0.717) is 18.1 Å². The number of carbonyl (C=O) groups is 3. The van der Waals surface area contributed by atoms with E-state index in [0.717, 1.165) is 48.2 Å². The molecular weight excluding hydrogens is 987 g/mol. The van der Waals surface area contributed by atoms with Crippen LogP contribution in [0.5, 0.6) is 0 Å². The maximum absolute atomic E-state index is 12.8. The maximum atomic E-state index is 12.8. The van der Waals surface area contributed by atoms with E-state index in [9.17, 15) is 57.9 Å². The Labute approximate surface area is 407 Å². The van der Waals surface area contributed by atoms with Gasteiger partial charge in [0.25, 0.3) is 0 Å². The number of phosphoric acid groups is 3. The minimum atomic E-state index is -5.58. The first kappa shape index (κ1) is 60.9. The average Bonchev–Trinajstić information content (AvgIpc) is 3.83. The van der Waals surface area contributed by atoms with E-state index >= 15 is 0 Å². The van der Waals surface area contributed by atoms with Gasteiger partial charge in [-0.2, -0.15) is 4.31 Å². The molecule has 24 nitrogen and oxygen atoms in total. The largest absolute Gasteiger partial charge is 0.481 e. The van der Waals surface area contributed by atoms with Gasteiger partial charge in [0.1, 0.15) is 36.3 Å². The van der Waals surface area contributed by atoms with Crippen LogP contribution >= 0.6 is 35.2 Å². The molecule has 1 fully saturated rings. The summed E-state index contributed by atoms with van der Waals surface area (Å²) in [5.74, 6) is -0.372. The second-order valence-electron chi connectivity index (χ2n) is 18.0. The lowest BCUT2D eigenvalue weighted by atomic mass is 9.87. The van der Waals surface area contributed by atoms with E-state index in [4.69, 9.17) is 19.5 Å². The summed E-state index contributed by atoms with van der Waals surface area (Å²) in [4.78, 5) is 88.6. The Morgan fingerprint density at radius 2 is 1.48 bits per heavy atom. The number of nitrogens with zero attached hydrogens (tertiary/aromatic N) is 4. The molecule has 1 aliphatic heterocycles. The van der Waals surface area contributed by atoms with Gasteiger partial charge in [-0.1, -0.05) is 129 Å². The number of hydrogen-bond donors (Lipinski definition) is 9. The maximum Gasteiger partial charge on any atom is 0.481 e. The van der Waals surface area contributed by atoms with E-state index in [1.54, 1.807) is 0 Å². The second kappa shape index (κ2) is 29.9. The number of phosphoric ester groups is 3. The zero-order valence-electron chi connectivity index (χ0n) is 40.0. The van der Waals surface area contributed by atoms with Crippen LogP contribution in [-0.2, 0) is 50.7 Å². The third-order valence-corrected chi connectivity index (χ3v) is 15.4. The summed E-state index contributed by atoms with van der Waals surface area (Å²) < 4.78 is 62.5. The van der Waals surface area contributed by atoms with Crippen molar-refractivity contribution < 1.29 is 80.5 Å². The summed E-state index contributed by atoms with van der Waals surface area (Å²) in [7, 11) is -16.4. The molecular formula is C41H74N7O17P3S. The van der Waals surface area contributed by atoms with Crippen molar-refractivity contribution >= 4 is 69.1 Å². The number of hydrogen-bond acceptors (Lipinski definition) is 18. The Bertz CT molecular complexity index is 2050. The van der Waals surface area contributed by atoms with E-state index in [1.165, 1.54) is 90.9 Å². The number of aliphatic hydroxyl groups is 2. The monoisotopic (exact) mass is 1060 g/mol. The lowest BCUT2D eigenvalue weighted by Gasteiger charge is -2.30. The molecule has 3 heterocycles. The van der Waals surface area contributed by atoms with Gasteiger partial charge in [-0.05, 0) is 12.3 Å². The molecule has 0 saturated carbocycles. The summed E-state index contributed by atoms with van der Waals surface area (Å²) in [5, 5.41) is 26.7. The van der Waals surface area contributed by atoms with Crippen LogP contribution in [0.25, 0.3) is 11.2 Å². The Morgan fingerprint density at radius 3 is 2.12 bits per heavy atom. The lowest BCUT2D eigenvalue weighted by molar-refractivity contribution is -0.137. The third-order valence-electron chi connectivity index (χ3n) is 11.4. The number of anilines is 1. The normalized spacial score (nSPS) is 20.3. The number of fused-ring (bicyclic) bond motifs is 1. The summed E-state index contributed by atoms with van der Waals surface area (Å²) in [5.41, 5.74) is 4.29. The predicted molar refractivity (Wildman–Crippen MR) is 256 cm³/mol. The summed E-state index contributed by atoms with van der Waals surface area (Å²) >= 11 is 1.16. The summed E-state index contributed by atoms with van der Waals surface area (Å²) in [6.45, 7) is 5.11. The van der Waals surface area contributed by atoms with Gasteiger partial charge in [-0.15, -0.1) is 0 Å². The molecule has 28 heteroatoms. The molecule has 396 valence electrons. The van der Waals surface area contributed by atoms with Crippen LogP contribution in [0.1, 0.15) is 143 Å². The Morgan fingerprint density at radius 1 is 0.870 bits per heavy atom. The predicted octanol–water partition coefficient (Wildman–Crippen LogP) is 5.56.